The second kappa shape index (κ2) is 7.18. The van der Waals surface area contributed by atoms with Crippen LogP contribution in [0.4, 0.5) is 5.69 Å². The van der Waals surface area contributed by atoms with Crippen LogP contribution in [-0.4, -0.2) is 20.1 Å². The molecule has 0 saturated carbocycles. The molecule has 0 unspecified atom stereocenters. The Labute approximate surface area is 135 Å². The van der Waals surface area contributed by atoms with E-state index in [9.17, 15) is 4.79 Å². The third-order valence-electron chi connectivity index (χ3n) is 3.32. The van der Waals surface area contributed by atoms with Crippen molar-refractivity contribution in [1.82, 2.24) is 0 Å². The molecule has 2 rings (SSSR count). The molecule has 0 spiro atoms. The van der Waals surface area contributed by atoms with Crippen LogP contribution in [0.3, 0.4) is 0 Å². The van der Waals surface area contributed by atoms with E-state index in [1.165, 1.54) is 0 Å². The van der Waals surface area contributed by atoms with Gasteiger partial charge < -0.3 is 14.8 Å². The van der Waals surface area contributed by atoms with Crippen molar-refractivity contribution in [2.24, 2.45) is 0 Å². The number of rotatable bonds is 5. The van der Waals surface area contributed by atoms with Crippen molar-refractivity contribution in [3.8, 4) is 11.5 Å². The molecule has 0 saturated heterocycles. The molecule has 4 nitrogen and oxygen atoms in total. The molecule has 22 heavy (non-hydrogen) atoms. The maximum Gasteiger partial charge on any atom is 0.228 e. The fourth-order valence-corrected chi connectivity index (χ4v) is 2.27. The van der Waals surface area contributed by atoms with E-state index >= 15 is 0 Å². The first kappa shape index (κ1) is 16.2. The minimum atomic E-state index is -0.131. The van der Waals surface area contributed by atoms with E-state index in [1.807, 2.05) is 19.1 Å². The van der Waals surface area contributed by atoms with Gasteiger partial charge in [0.05, 0.1) is 20.6 Å². The summed E-state index contributed by atoms with van der Waals surface area (Å²) in [5.74, 6) is 1.18. The Bertz CT molecular complexity index is 686. The van der Waals surface area contributed by atoms with Gasteiger partial charge in [-0.25, -0.2) is 0 Å². The summed E-state index contributed by atoms with van der Waals surface area (Å²) in [6, 6.07) is 10.8. The van der Waals surface area contributed by atoms with Crippen LogP contribution in [0, 0.1) is 6.92 Å². The first-order valence-electron chi connectivity index (χ1n) is 6.80. The van der Waals surface area contributed by atoms with Crippen molar-refractivity contribution in [2.45, 2.75) is 13.3 Å². The minimum absolute atomic E-state index is 0.131. The third-order valence-corrected chi connectivity index (χ3v) is 3.55. The second-order valence-corrected chi connectivity index (χ2v) is 5.30. The van der Waals surface area contributed by atoms with E-state index in [1.54, 1.807) is 38.5 Å². The Morgan fingerprint density at radius 2 is 1.91 bits per heavy atom. The fourth-order valence-electron chi connectivity index (χ4n) is 2.09. The van der Waals surface area contributed by atoms with E-state index in [2.05, 4.69) is 5.32 Å². The lowest BCUT2D eigenvalue weighted by molar-refractivity contribution is -0.115. The van der Waals surface area contributed by atoms with Gasteiger partial charge in [-0.15, -0.1) is 0 Å². The molecule has 5 heteroatoms. The maximum atomic E-state index is 12.2. The highest BCUT2D eigenvalue weighted by Gasteiger charge is 2.11. The molecular formula is C17H18ClNO3. The lowest BCUT2D eigenvalue weighted by Crippen LogP contribution is -2.15. The summed E-state index contributed by atoms with van der Waals surface area (Å²) in [5.41, 5.74) is 2.46. The average Bonchev–Trinajstić information content (AvgIpc) is 2.51. The van der Waals surface area contributed by atoms with E-state index in [4.69, 9.17) is 21.1 Å². The highest BCUT2D eigenvalue weighted by Crippen LogP contribution is 2.26. The molecule has 1 N–H and O–H groups in total. The van der Waals surface area contributed by atoms with Crippen LogP contribution in [-0.2, 0) is 11.2 Å². The molecule has 1 amide bonds. The number of nitrogens with one attached hydrogen (secondary N) is 1. The molecule has 2 aromatic carbocycles. The first-order chi connectivity index (χ1) is 10.5. The second-order valence-electron chi connectivity index (χ2n) is 4.86. The first-order valence-corrected chi connectivity index (χ1v) is 7.18. The van der Waals surface area contributed by atoms with Crippen molar-refractivity contribution in [2.75, 3.05) is 19.5 Å². The van der Waals surface area contributed by atoms with Gasteiger partial charge >= 0.3 is 0 Å². The van der Waals surface area contributed by atoms with Gasteiger partial charge in [-0.3, -0.25) is 4.79 Å². The van der Waals surface area contributed by atoms with Crippen molar-refractivity contribution in [3.63, 3.8) is 0 Å². The number of hydrogen-bond acceptors (Lipinski definition) is 3. The van der Waals surface area contributed by atoms with Crippen molar-refractivity contribution >= 4 is 23.2 Å². The highest BCUT2D eigenvalue weighted by molar-refractivity contribution is 6.31. The Morgan fingerprint density at radius 3 is 2.59 bits per heavy atom. The molecule has 0 aromatic heterocycles. The summed E-state index contributed by atoms with van der Waals surface area (Å²) >= 11 is 5.96. The summed E-state index contributed by atoms with van der Waals surface area (Å²) in [4.78, 5) is 12.2. The van der Waals surface area contributed by atoms with Crippen LogP contribution in [0.25, 0.3) is 0 Å². The van der Waals surface area contributed by atoms with Crippen molar-refractivity contribution < 1.29 is 14.3 Å². The third kappa shape index (κ3) is 3.92. The summed E-state index contributed by atoms with van der Waals surface area (Å²) in [5, 5.41) is 3.46. The lowest BCUT2D eigenvalue weighted by atomic mass is 10.1. The molecule has 0 heterocycles. The van der Waals surface area contributed by atoms with Crippen molar-refractivity contribution in [1.29, 1.82) is 0 Å². The van der Waals surface area contributed by atoms with Crippen LogP contribution in [0.2, 0.25) is 5.02 Å². The summed E-state index contributed by atoms with van der Waals surface area (Å²) in [7, 11) is 3.15. The lowest BCUT2D eigenvalue weighted by Gasteiger charge is -2.12. The molecule has 116 valence electrons. The number of carbonyl (C=O) groups is 1. The Morgan fingerprint density at radius 1 is 1.14 bits per heavy atom. The fraction of sp³-hybridized carbons (Fsp3) is 0.235. The number of carbonyl (C=O) groups excluding carboxylic acids is 1. The molecular weight excluding hydrogens is 302 g/mol. The SMILES string of the molecule is COc1ccc(CC(=O)Nc2cc(Cl)ccc2C)c(OC)c1. The van der Waals surface area contributed by atoms with E-state index in [0.29, 0.717) is 22.2 Å². The number of amides is 1. The molecule has 0 aliphatic heterocycles. The molecule has 2 aromatic rings. The summed E-state index contributed by atoms with van der Waals surface area (Å²) < 4.78 is 10.4. The molecule has 0 fully saturated rings. The zero-order valence-corrected chi connectivity index (χ0v) is 13.5. The number of hydrogen-bond donors (Lipinski definition) is 1. The predicted octanol–water partition coefficient (Wildman–Crippen LogP) is 3.85. The van der Waals surface area contributed by atoms with Crippen LogP contribution >= 0.6 is 11.6 Å². The quantitative estimate of drug-likeness (QED) is 0.910. The number of anilines is 1. The molecule has 0 aliphatic rings. The van der Waals surface area contributed by atoms with Gasteiger partial charge in [0.2, 0.25) is 5.91 Å². The standard InChI is InChI=1S/C17H18ClNO3/c1-11-4-6-13(18)9-15(11)19-17(20)8-12-5-7-14(21-2)10-16(12)22-3/h4-7,9-10H,8H2,1-3H3,(H,19,20). The van der Waals surface area contributed by atoms with Crippen LogP contribution in [0.15, 0.2) is 36.4 Å². The zero-order valence-electron chi connectivity index (χ0n) is 12.8. The van der Waals surface area contributed by atoms with Gasteiger partial charge in [0.1, 0.15) is 11.5 Å². The van der Waals surface area contributed by atoms with E-state index < -0.39 is 0 Å². The van der Waals surface area contributed by atoms with Crippen LogP contribution in [0.1, 0.15) is 11.1 Å². The summed E-state index contributed by atoms with van der Waals surface area (Å²) in [6.45, 7) is 1.92. The predicted molar refractivity (Wildman–Crippen MR) is 88.1 cm³/mol. The Hall–Kier alpha value is -2.20. The van der Waals surface area contributed by atoms with Crippen LogP contribution in [0.5, 0.6) is 11.5 Å². The molecule has 0 radical (unpaired) electrons. The van der Waals surface area contributed by atoms with Crippen LogP contribution < -0.4 is 14.8 Å². The largest absolute Gasteiger partial charge is 0.497 e. The Balaban J connectivity index is 2.13. The number of ether oxygens (including phenoxy) is 2. The number of halogens is 1. The van der Waals surface area contributed by atoms with Gasteiger partial charge in [0.25, 0.3) is 0 Å². The number of benzene rings is 2. The Kier molecular flexibility index (Phi) is 5.28. The monoisotopic (exact) mass is 319 g/mol. The van der Waals surface area contributed by atoms with Gasteiger partial charge in [-0.2, -0.15) is 0 Å². The molecule has 0 bridgehead atoms. The maximum absolute atomic E-state index is 12.2. The number of methoxy groups -OCH3 is 2. The highest BCUT2D eigenvalue weighted by atomic mass is 35.5. The zero-order chi connectivity index (χ0) is 16.1. The van der Waals surface area contributed by atoms with Crippen molar-refractivity contribution in [3.05, 3.63) is 52.5 Å². The topological polar surface area (TPSA) is 47.6 Å². The molecule has 0 aliphatic carbocycles. The van der Waals surface area contributed by atoms with Gasteiger partial charge in [0.15, 0.2) is 0 Å². The van der Waals surface area contributed by atoms with Gasteiger partial charge in [0, 0.05) is 22.3 Å². The van der Waals surface area contributed by atoms with E-state index in [0.717, 1.165) is 11.1 Å². The minimum Gasteiger partial charge on any atom is -0.497 e. The van der Waals surface area contributed by atoms with Gasteiger partial charge in [-0.1, -0.05) is 23.7 Å². The normalized spacial score (nSPS) is 10.2. The number of aryl methyl sites for hydroxylation is 1. The molecule has 0 atom stereocenters. The van der Waals surface area contributed by atoms with Gasteiger partial charge in [-0.05, 0) is 30.7 Å². The average molecular weight is 320 g/mol. The smallest absolute Gasteiger partial charge is 0.228 e. The van der Waals surface area contributed by atoms with E-state index in [-0.39, 0.29) is 12.3 Å². The summed E-state index contributed by atoms with van der Waals surface area (Å²) in [6.07, 6.45) is 0.207.